The first-order chi connectivity index (χ1) is 12.0. The van der Waals surface area contributed by atoms with Crippen LogP contribution in [0, 0.1) is 0 Å². The second kappa shape index (κ2) is 8.38. The maximum Gasteiger partial charge on any atom is 0.133 e. The van der Waals surface area contributed by atoms with Gasteiger partial charge in [0.05, 0.1) is 17.2 Å². The molecule has 1 saturated carbocycles. The quantitative estimate of drug-likeness (QED) is 0.777. The van der Waals surface area contributed by atoms with Crippen molar-refractivity contribution >= 4 is 15.9 Å². The SMILES string of the molecule is COc1ccc(C(CN2CCC(N)CC2)C2(O)CCCCC2)cc1Br. The maximum absolute atomic E-state index is 11.5. The summed E-state index contributed by atoms with van der Waals surface area (Å²) in [6.45, 7) is 2.97. The third-order valence-corrected chi connectivity index (χ3v) is 6.64. The molecule has 1 aromatic rings. The molecule has 1 atom stereocenters. The van der Waals surface area contributed by atoms with E-state index in [2.05, 4.69) is 33.0 Å². The average Bonchev–Trinajstić information content (AvgIpc) is 2.61. The Labute approximate surface area is 159 Å². The molecule has 2 aliphatic rings. The van der Waals surface area contributed by atoms with Gasteiger partial charge in [0, 0.05) is 18.5 Å². The van der Waals surface area contributed by atoms with Crippen LogP contribution in [-0.2, 0) is 0 Å². The van der Waals surface area contributed by atoms with Crippen molar-refractivity contribution in [3.05, 3.63) is 28.2 Å². The molecule has 1 aliphatic heterocycles. The number of methoxy groups -OCH3 is 1. The molecule has 0 amide bonds. The predicted octanol–water partition coefficient (Wildman–Crippen LogP) is 3.66. The highest BCUT2D eigenvalue weighted by atomic mass is 79.9. The molecule has 1 aromatic carbocycles. The first-order valence-corrected chi connectivity index (χ1v) is 10.3. The van der Waals surface area contributed by atoms with Crippen LogP contribution in [0.4, 0.5) is 0 Å². The van der Waals surface area contributed by atoms with E-state index in [-0.39, 0.29) is 5.92 Å². The van der Waals surface area contributed by atoms with Gasteiger partial charge in [0.25, 0.3) is 0 Å². The Bertz CT molecular complexity index is 567. The van der Waals surface area contributed by atoms with Gasteiger partial charge < -0.3 is 20.5 Å². The highest BCUT2D eigenvalue weighted by Gasteiger charge is 2.40. The first kappa shape index (κ1) is 19.2. The lowest BCUT2D eigenvalue weighted by Gasteiger charge is -2.43. The lowest BCUT2D eigenvalue weighted by Crippen LogP contribution is -2.47. The lowest BCUT2D eigenvalue weighted by molar-refractivity contribution is -0.0324. The second-order valence-electron chi connectivity index (χ2n) is 7.75. The molecule has 25 heavy (non-hydrogen) atoms. The number of piperidine rings is 1. The zero-order valence-corrected chi connectivity index (χ0v) is 16.8. The molecular weight excluding hydrogens is 380 g/mol. The van der Waals surface area contributed by atoms with E-state index >= 15 is 0 Å². The Morgan fingerprint density at radius 1 is 1.28 bits per heavy atom. The Hall–Kier alpha value is -0.620. The third-order valence-electron chi connectivity index (χ3n) is 6.02. The van der Waals surface area contributed by atoms with E-state index < -0.39 is 5.60 Å². The van der Waals surface area contributed by atoms with Gasteiger partial charge in [0.15, 0.2) is 0 Å². The molecule has 0 bridgehead atoms. The monoisotopic (exact) mass is 410 g/mol. The molecule has 1 aliphatic carbocycles. The van der Waals surface area contributed by atoms with Gasteiger partial charge in [-0.05, 0) is 72.4 Å². The van der Waals surface area contributed by atoms with E-state index in [0.29, 0.717) is 6.04 Å². The van der Waals surface area contributed by atoms with E-state index in [4.69, 9.17) is 10.5 Å². The normalized spacial score (nSPS) is 23.4. The fraction of sp³-hybridized carbons (Fsp3) is 0.700. The minimum absolute atomic E-state index is 0.129. The molecule has 2 fully saturated rings. The van der Waals surface area contributed by atoms with Gasteiger partial charge in [-0.2, -0.15) is 0 Å². The van der Waals surface area contributed by atoms with Crippen LogP contribution in [0.5, 0.6) is 5.75 Å². The zero-order valence-electron chi connectivity index (χ0n) is 15.2. The molecule has 140 valence electrons. The minimum atomic E-state index is -0.605. The van der Waals surface area contributed by atoms with Crippen LogP contribution in [0.3, 0.4) is 0 Å². The number of halogens is 1. The number of ether oxygens (including phenoxy) is 1. The van der Waals surface area contributed by atoms with E-state index in [1.807, 2.05) is 6.07 Å². The van der Waals surface area contributed by atoms with Crippen molar-refractivity contribution in [1.82, 2.24) is 4.90 Å². The van der Waals surface area contributed by atoms with Crippen LogP contribution in [-0.4, -0.2) is 48.4 Å². The summed E-state index contributed by atoms with van der Waals surface area (Å²) in [5.41, 5.74) is 6.66. The van der Waals surface area contributed by atoms with Gasteiger partial charge in [0.2, 0.25) is 0 Å². The molecule has 0 spiro atoms. The van der Waals surface area contributed by atoms with E-state index in [9.17, 15) is 5.11 Å². The number of nitrogens with zero attached hydrogens (tertiary/aromatic N) is 1. The van der Waals surface area contributed by atoms with Gasteiger partial charge >= 0.3 is 0 Å². The molecule has 5 heteroatoms. The van der Waals surface area contributed by atoms with Crippen LogP contribution >= 0.6 is 15.9 Å². The maximum atomic E-state index is 11.5. The number of hydrogen-bond donors (Lipinski definition) is 2. The largest absolute Gasteiger partial charge is 0.496 e. The summed E-state index contributed by atoms with van der Waals surface area (Å²) < 4.78 is 6.33. The number of nitrogens with two attached hydrogens (primary N) is 1. The van der Waals surface area contributed by atoms with Gasteiger partial charge in [-0.15, -0.1) is 0 Å². The smallest absolute Gasteiger partial charge is 0.133 e. The first-order valence-electron chi connectivity index (χ1n) is 9.55. The molecule has 1 saturated heterocycles. The number of rotatable bonds is 5. The van der Waals surface area contributed by atoms with E-state index in [1.54, 1.807) is 7.11 Å². The van der Waals surface area contributed by atoms with Crippen molar-refractivity contribution in [1.29, 1.82) is 0 Å². The Balaban J connectivity index is 1.84. The minimum Gasteiger partial charge on any atom is -0.496 e. The van der Waals surface area contributed by atoms with Crippen molar-refractivity contribution in [3.8, 4) is 5.75 Å². The molecule has 3 rings (SSSR count). The topological polar surface area (TPSA) is 58.7 Å². The van der Waals surface area contributed by atoms with Gasteiger partial charge in [0.1, 0.15) is 5.75 Å². The number of aliphatic hydroxyl groups is 1. The highest BCUT2D eigenvalue weighted by Crippen LogP contribution is 2.42. The van der Waals surface area contributed by atoms with Crippen molar-refractivity contribution in [2.24, 2.45) is 5.73 Å². The molecule has 0 radical (unpaired) electrons. The third kappa shape index (κ3) is 4.57. The Kier molecular flexibility index (Phi) is 6.42. The second-order valence-corrected chi connectivity index (χ2v) is 8.60. The lowest BCUT2D eigenvalue weighted by atomic mass is 9.72. The zero-order chi connectivity index (χ0) is 17.9. The molecule has 3 N–H and O–H groups in total. The molecule has 1 unspecified atom stereocenters. The van der Waals surface area contributed by atoms with Crippen molar-refractivity contribution in [3.63, 3.8) is 0 Å². The summed E-state index contributed by atoms with van der Waals surface area (Å²) >= 11 is 3.61. The van der Waals surface area contributed by atoms with Gasteiger partial charge in [-0.3, -0.25) is 0 Å². The number of hydrogen-bond acceptors (Lipinski definition) is 4. The molecule has 4 nitrogen and oxygen atoms in total. The van der Waals surface area contributed by atoms with Crippen LogP contribution < -0.4 is 10.5 Å². The summed E-state index contributed by atoms with van der Waals surface area (Å²) in [6.07, 6.45) is 7.38. The van der Waals surface area contributed by atoms with Crippen molar-refractivity contribution < 1.29 is 9.84 Å². The van der Waals surface area contributed by atoms with E-state index in [0.717, 1.165) is 68.4 Å². The molecule has 1 heterocycles. The van der Waals surface area contributed by atoms with Crippen LogP contribution in [0.1, 0.15) is 56.4 Å². The van der Waals surface area contributed by atoms with Crippen molar-refractivity contribution in [2.75, 3.05) is 26.7 Å². The van der Waals surface area contributed by atoms with Crippen LogP contribution in [0.15, 0.2) is 22.7 Å². The summed E-state index contributed by atoms with van der Waals surface area (Å²) in [4.78, 5) is 2.48. The van der Waals surface area contributed by atoms with E-state index in [1.165, 1.54) is 12.0 Å². The van der Waals surface area contributed by atoms with Crippen LogP contribution in [0.25, 0.3) is 0 Å². The fourth-order valence-electron chi connectivity index (χ4n) is 4.39. The summed E-state index contributed by atoms with van der Waals surface area (Å²) in [7, 11) is 1.68. The average molecular weight is 411 g/mol. The summed E-state index contributed by atoms with van der Waals surface area (Å²) in [6, 6.07) is 6.59. The predicted molar refractivity (Wildman–Crippen MR) is 105 cm³/mol. The Morgan fingerprint density at radius 2 is 1.96 bits per heavy atom. The highest BCUT2D eigenvalue weighted by molar-refractivity contribution is 9.10. The Morgan fingerprint density at radius 3 is 2.56 bits per heavy atom. The van der Waals surface area contributed by atoms with Crippen molar-refractivity contribution in [2.45, 2.75) is 62.5 Å². The fourth-order valence-corrected chi connectivity index (χ4v) is 4.95. The van der Waals surface area contributed by atoms with Crippen LogP contribution in [0.2, 0.25) is 0 Å². The molecular formula is C20H31BrN2O2. The number of likely N-dealkylation sites (tertiary alicyclic amines) is 1. The summed E-state index contributed by atoms with van der Waals surface area (Å²) in [5, 5.41) is 11.5. The van der Waals surface area contributed by atoms with Gasteiger partial charge in [-0.25, -0.2) is 0 Å². The number of benzene rings is 1. The summed E-state index contributed by atoms with van der Waals surface area (Å²) in [5.74, 6) is 0.964. The van der Waals surface area contributed by atoms with Gasteiger partial charge in [-0.1, -0.05) is 25.3 Å². The molecule has 0 aromatic heterocycles. The standard InChI is InChI=1S/C20H31BrN2O2/c1-25-19-6-5-15(13-18(19)21)17(20(24)9-3-2-4-10-20)14-23-11-7-16(22)8-12-23/h5-6,13,16-17,24H,2-4,7-12,14,22H2,1H3.